The van der Waals surface area contributed by atoms with Crippen LogP contribution in [0.3, 0.4) is 0 Å². The monoisotopic (exact) mass is 304 g/mol. The molecule has 0 saturated heterocycles. The minimum atomic E-state index is -1.64. The lowest BCUT2D eigenvalue weighted by Crippen LogP contribution is -2.21. The van der Waals surface area contributed by atoms with Gasteiger partial charge >= 0.3 is 5.69 Å². The van der Waals surface area contributed by atoms with Crippen LogP contribution in [0.25, 0.3) is 0 Å². The highest BCUT2D eigenvalue weighted by atomic mass is 32.2. The molecule has 110 valence electrons. The molecular weight excluding hydrogens is 290 g/mol. The Hall–Kier alpha value is -1.70. The number of halogens is 2. The van der Waals surface area contributed by atoms with Crippen molar-refractivity contribution in [3.63, 3.8) is 0 Å². The lowest BCUT2D eigenvalue weighted by atomic mass is 10.1. The van der Waals surface area contributed by atoms with E-state index in [1.165, 1.54) is 6.92 Å². The average Bonchev–Trinajstić information content (AvgIpc) is 2.26. The van der Waals surface area contributed by atoms with Gasteiger partial charge in [-0.25, -0.2) is 4.21 Å². The number of nitro groups is 1. The average molecular weight is 304 g/mol. The number of hydrogen-bond acceptors (Lipinski definition) is 3. The topological polar surface area (TPSA) is 72.6 Å². The highest BCUT2D eigenvalue weighted by Crippen LogP contribution is 2.25. The van der Waals surface area contributed by atoms with Crippen molar-refractivity contribution in [3.8, 4) is 0 Å². The summed E-state index contributed by atoms with van der Waals surface area (Å²) in [4.78, 5) is 9.49. The first kappa shape index (κ1) is 16.4. The van der Waals surface area contributed by atoms with Crippen molar-refractivity contribution in [2.24, 2.45) is 4.40 Å². The van der Waals surface area contributed by atoms with Crippen LogP contribution >= 0.6 is 0 Å². The smallest absolute Gasteiger partial charge is 0.258 e. The van der Waals surface area contributed by atoms with E-state index < -0.39 is 38.0 Å². The zero-order valence-electron chi connectivity index (χ0n) is 11.4. The molecule has 0 saturated carbocycles. The molecule has 0 bridgehead atoms. The van der Waals surface area contributed by atoms with E-state index in [9.17, 15) is 23.1 Å². The molecule has 0 aliphatic rings. The summed E-state index contributed by atoms with van der Waals surface area (Å²) in [5.41, 5.74) is -1.46. The summed E-state index contributed by atoms with van der Waals surface area (Å²) in [6.45, 7) is 6.42. The van der Waals surface area contributed by atoms with E-state index in [4.69, 9.17) is 0 Å². The molecule has 1 rings (SSSR count). The number of nitrogens with zero attached hydrogens (tertiary/aromatic N) is 2. The van der Waals surface area contributed by atoms with Gasteiger partial charge in [0.1, 0.15) is 11.0 Å². The summed E-state index contributed by atoms with van der Waals surface area (Å²) in [6.07, 6.45) is 0. The Kier molecular flexibility index (Phi) is 4.69. The van der Waals surface area contributed by atoms with E-state index in [2.05, 4.69) is 4.40 Å². The fourth-order valence-electron chi connectivity index (χ4n) is 1.30. The molecular formula is C12H14F2N2O3S. The lowest BCUT2D eigenvalue weighted by molar-refractivity contribution is -0.390. The molecule has 20 heavy (non-hydrogen) atoms. The number of hydrogen-bond donors (Lipinski definition) is 0. The third-order valence-corrected chi connectivity index (χ3v) is 3.87. The van der Waals surface area contributed by atoms with Gasteiger partial charge < -0.3 is 0 Å². The number of benzene rings is 1. The highest BCUT2D eigenvalue weighted by molar-refractivity contribution is 7.85. The summed E-state index contributed by atoms with van der Waals surface area (Å²) < 4.78 is 42.1. The predicted molar refractivity (Wildman–Crippen MR) is 73.1 cm³/mol. The first-order valence-corrected chi connectivity index (χ1v) is 6.76. The van der Waals surface area contributed by atoms with Crippen LogP contribution in [0.15, 0.2) is 16.5 Å². The second kappa shape index (κ2) is 5.74. The normalized spacial score (nSPS) is 14.2. The molecule has 1 aromatic carbocycles. The van der Waals surface area contributed by atoms with E-state index in [1.807, 2.05) is 0 Å². The summed E-state index contributed by atoms with van der Waals surface area (Å²) in [5, 5.41) is 10.6. The van der Waals surface area contributed by atoms with Crippen molar-refractivity contribution in [3.05, 3.63) is 39.4 Å². The van der Waals surface area contributed by atoms with E-state index in [-0.39, 0.29) is 11.3 Å². The summed E-state index contributed by atoms with van der Waals surface area (Å²) in [6, 6.07) is 1.83. The Morgan fingerprint density at radius 1 is 1.35 bits per heavy atom. The molecule has 0 aliphatic carbocycles. The molecule has 0 amide bonds. The van der Waals surface area contributed by atoms with Gasteiger partial charge in [0.2, 0.25) is 11.6 Å². The number of rotatable bonds is 3. The molecule has 1 atom stereocenters. The zero-order valence-corrected chi connectivity index (χ0v) is 12.3. The fourth-order valence-corrected chi connectivity index (χ4v) is 1.92. The van der Waals surface area contributed by atoms with Crippen molar-refractivity contribution >= 4 is 22.4 Å². The van der Waals surface area contributed by atoms with Crippen LogP contribution in [0.5, 0.6) is 0 Å². The van der Waals surface area contributed by atoms with Crippen molar-refractivity contribution in [2.45, 2.75) is 32.4 Å². The van der Waals surface area contributed by atoms with Crippen molar-refractivity contribution in [1.29, 1.82) is 0 Å². The minimum Gasteiger partial charge on any atom is -0.258 e. The fraction of sp³-hybridized carbons (Fsp3) is 0.417. The van der Waals surface area contributed by atoms with Gasteiger partial charge in [0, 0.05) is 5.56 Å². The molecule has 0 N–H and O–H groups in total. The summed E-state index contributed by atoms with van der Waals surface area (Å²) in [5.74, 6) is -2.58. The molecule has 5 nitrogen and oxygen atoms in total. The second-order valence-electron chi connectivity index (χ2n) is 5.05. The standard InChI is InChI=1S/C12H14F2N2O3S/c1-7(15-20(19)12(2,3)4)8-5-6-9(13)11(10(8)14)16(17)18/h5-6H,1-4H3. The maximum Gasteiger partial charge on any atom is 0.340 e. The van der Waals surface area contributed by atoms with Gasteiger partial charge in [0.15, 0.2) is 0 Å². The Labute approximate surface area is 117 Å². The van der Waals surface area contributed by atoms with Crippen LogP contribution in [0.2, 0.25) is 0 Å². The molecule has 1 aromatic rings. The third-order valence-electron chi connectivity index (χ3n) is 2.38. The summed E-state index contributed by atoms with van der Waals surface area (Å²) in [7, 11) is -1.64. The van der Waals surface area contributed by atoms with Crippen LogP contribution < -0.4 is 0 Å². The van der Waals surface area contributed by atoms with Crippen LogP contribution in [0.4, 0.5) is 14.5 Å². The van der Waals surface area contributed by atoms with E-state index in [0.717, 1.165) is 12.1 Å². The quantitative estimate of drug-likeness (QED) is 0.489. The largest absolute Gasteiger partial charge is 0.340 e. The first-order chi connectivity index (χ1) is 9.05. The van der Waals surface area contributed by atoms with Crippen LogP contribution in [0, 0.1) is 21.7 Å². The van der Waals surface area contributed by atoms with Crippen molar-refractivity contribution < 1.29 is 17.9 Å². The highest BCUT2D eigenvalue weighted by Gasteiger charge is 2.26. The maximum absolute atomic E-state index is 13.9. The Morgan fingerprint density at radius 2 is 1.90 bits per heavy atom. The molecule has 1 unspecified atom stereocenters. The number of nitro benzene ring substituents is 1. The van der Waals surface area contributed by atoms with Gasteiger partial charge in [-0.15, -0.1) is 0 Å². The van der Waals surface area contributed by atoms with Crippen molar-refractivity contribution in [1.82, 2.24) is 0 Å². The molecule has 0 radical (unpaired) electrons. The van der Waals surface area contributed by atoms with Gasteiger partial charge in [0.25, 0.3) is 0 Å². The maximum atomic E-state index is 13.9. The predicted octanol–water partition coefficient (Wildman–Crippen LogP) is 3.14. The van der Waals surface area contributed by atoms with Crippen LogP contribution in [0.1, 0.15) is 33.3 Å². The van der Waals surface area contributed by atoms with Gasteiger partial charge in [-0.05, 0) is 39.8 Å². The Bertz CT molecular complexity index is 609. The summed E-state index contributed by atoms with van der Waals surface area (Å²) >= 11 is 0. The van der Waals surface area contributed by atoms with Crippen LogP contribution in [-0.4, -0.2) is 19.6 Å². The molecule has 0 spiro atoms. The third kappa shape index (κ3) is 3.44. The zero-order chi connectivity index (χ0) is 15.7. The Balaban J connectivity index is 3.35. The lowest BCUT2D eigenvalue weighted by Gasteiger charge is -2.14. The van der Waals surface area contributed by atoms with Gasteiger partial charge in [-0.3, -0.25) is 10.1 Å². The van der Waals surface area contributed by atoms with Gasteiger partial charge in [0.05, 0.1) is 15.4 Å². The van der Waals surface area contributed by atoms with E-state index >= 15 is 0 Å². The van der Waals surface area contributed by atoms with Gasteiger partial charge in [-0.1, -0.05) is 0 Å². The molecule has 0 aliphatic heterocycles. The Morgan fingerprint density at radius 3 is 2.35 bits per heavy atom. The molecule has 0 heterocycles. The SMILES string of the molecule is CC(=NS(=O)C(C)(C)C)c1ccc(F)c([N+](=O)[O-])c1F. The second-order valence-corrected chi connectivity index (χ2v) is 6.96. The first-order valence-electron chi connectivity index (χ1n) is 5.65. The van der Waals surface area contributed by atoms with Crippen LogP contribution in [-0.2, 0) is 11.0 Å². The van der Waals surface area contributed by atoms with Gasteiger partial charge in [-0.2, -0.15) is 13.2 Å². The molecule has 0 aromatic heterocycles. The molecule has 0 fully saturated rings. The van der Waals surface area contributed by atoms with Crippen molar-refractivity contribution in [2.75, 3.05) is 0 Å². The molecule has 8 heteroatoms. The van der Waals surface area contributed by atoms with E-state index in [1.54, 1.807) is 20.8 Å². The minimum absolute atomic E-state index is 0.0128. The van der Waals surface area contributed by atoms with E-state index in [0.29, 0.717) is 0 Å².